The first-order valence-electron chi connectivity index (χ1n) is 5.63. The molecular weight excluding hydrogens is 315 g/mol. The molecule has 0 aromatic heterocycles. The maximum Gasteiger partial charge on any atom is 0.257 e. The van der Waals surface area contributed by atoms with Crippen LogP contribution in [0.15, 0.2) is 42.5 Å². The molecule has 1 amide bonds. The molecule has 0 aliphatic carbocycles. The van der Waals surface area contributed by atoms with Crippen LogP contribution in [0.4, 0.5) is 5.69 Å². The summed E-state index contributed by atoms with van der Waals surface area (Å²) in [5.74, 6) is -0.333. The third-order valence-electron chi connectivity index (χ3n) is 2.60. The van der Waals surface area contributed by atoms with Gasteiger partial charge in [-0.3, -0.25) is 4.79 Å². The third kappa shape index (κ3) is 3.48. The maximum absolute atomic E-state index is 12.1. The topological polar surface area (TPSA) is 55.1 Å². The first-order chi connectivity index (χ1) is 9.47. The van der Waals surface area contributed by atoms with Gasteiger partial charge >= 0.3 is 0 Å². The minimum atomic E-state index is -0.333. The lowest BCUT2D eigenvalue weighted by atomic mass is 10.2. The van der Waals surface area contributed by atoms with Crippen LogP contribution in [0.1, 0.15) is 15.9 Å². The lowest BCUT2D eigenvalue weighted by Gasteiger charge is -2.08. The van der Waals surface area contributed by atoms with Crippen molar-refractivity contribution < 1.29 is 4.79 Å². The lowest BCUT2D eigenvalue weighted by molar-refractivity contribution is 0.102. The number of halogens is 2. The zero-order chi connectivity index (χ0) is 14.7. The summed E-state index contributed by atoms with van der Waals surface area (Å²) in [5.41, 5.74) is 7.17. The zero-order valence-corrected chi connectivity index (χ0v) is 12.5. The number of hydrogen-bond acceptors (Lipinski definition) is 2. The number of hydrogen-bond donors (Lipinski definition) is 2. The Balaban J connectivity index is 2.19. The number of rotatable bonds is 3. The van der Waals surface area contributed by atoms with Crippen LogP contribution >= 0.6 is 35.4 Å². The fraction of sp³-hybridized carbons (Fsp3) is 0. The molecule has 0 atom stereocenters. The van der Waals surface area contributed by atoms with Gasteiger partial charge in [0.2, 0.25) is 0 Å². The Morgan fingerprint density at radius 2 is 1.75 bits per heavy atom. The molecule has 0 aliphatic heterocycles. The first-order valence-corrected chi connectivity index (χ1v) is 6.80. The highest BCUT2D eigenvalue weighted by Gasteiger charge is 2.11. The molecule has 20 heavy (non-hydrogen) atoms. The van der Waals surface area contributed by atoms with Crippen molar-refractivity contribution in [3.05, 3.63) is 63.6 Å². The van der Waals surface area contributed by atoms with Crippen molar-refractivity contribution >= 4 is 52.0 Å². The molecule has 0 aliphatic rings. The van der Waals surface area contributed by atoms with E-state index in [4.69, 9.17) is 41.2 Å². The van der Waals surface area contributed by atoms with E-state index in [9.17, 15) is 4.79 Å². The van der Waals surface area contributed by atoms with E-state index in [0.717, 1.165) is 5.56 Å². The number of benzene rings is 2. The Hall–Kier alpha value is -1.62. The largest absolute Gasteiger partial charge is 0.389 e. The number of carbonyl (C=O) groups excluding carboxylic acids is 1. The highest BCUT2D eigenvalue weighted by molar-refractivity contribution is 7.80. The average molecular weight is 325 g/mol. The Labute approximate surface area is 131 Å². The second kappa shape index (κ2) is 6.22. The summed E-state index contributed by atoms with van der Waals surface area (Å²) in [5, 5.41) is 3.51. The second-order valence-electron chi connectivity index (χ2n) is 4.02. The van der Waals surface area contributed by atoms with Crippen LogP contribution in [0.5, 0.6) is 0 Å². The van der Waals surface area contributed by atoms with Gasteiger partial charge in [0.25, 0.3) is 5.91 Å². The molecule has 2 aromatic rings. The van der Waals surface area contributed by atoms with Crippen molar-refractivity contribution in [2.24, 2.45) is 5.73 Å². The van der Waals surface area contributed by atoms with E-state index in [1.54, 1.807) is 36.4 Å². The van der Waals surface area contributed by atoms with Gasteiger partial charge in [-0.25, -0.2) is 0 Å². The van der Waals surface area contributed by atoms with Crippen molar-refractivity contribution in [3.8, 4) is 0 Å². The van der Waals surface area contributed by atoms with Gasteiger partial charge in [-0.1, -0.05) is 35.4 Å². The van der Waals surface area contributed by atoms with Crippen LogP contribution in [0, 0.1) is 0 Å². The van der Waals surface area contributed by atoms with Crippen LogP contribution < -0.4 is 11.1 Å². The van der Waals surface area contributed by atoms with Gasteiger partial charge < -0.3 is 11.1 Å². The molecule has 102 valence electrons. The molecule has 0 saturated carbocycles. The Bertz CT molecular complexity index is 671. The second-order valence-corrected chi connectivity index (χ2v) is 5.30. The average Bonchev–Trinajstić information content (AvgIpc) is 2.42. The molecule has 0 radical (unpaired) electrons. The van der Waals surface area contributed by atoms with Crippen LogP contribution in [0.25, 0.3) is 0 Å². The van der Waals surface area contributed by atoms with Gasteiger partial charge in [0.15, 0.2) is 0 Å². The number of anilines is 1. The highest BCUT2D eigenvalue weighted by atomic mass is 35.5. The van der Waals surface area contributed by atoms with Gasteiger partial charge in [-0.05, 0) is 42.5 Å². The number of amides is 1. The summed E-state index contributed by atoms with van der Waals surface area (Å²) in [6.07, 6.45) is 0. The van der Waals surface area contributed by atoms with E-state index in [-0.39, 0.29) is 5.91 Å². The summed E-state index contributed by atoms with van der Waals surface area (Å²) in [7, 11) is 0. The monoisotopic (exact) mass is 324 g/mol. The zero-order valence-electron chi connectivity index (χ0n) is 10.2. The normalized spacial score (nSPS) is 10.1. The fourth-order valence-electron chi connectivity index (χ4n) is 1.59. The van der Waals surface area contributed by atoms with E-state index in [1.807, 2.05) is 0 Å². The minimum Gasteiger partial charge on any atom is -0.389 e. The van der Waals surface area contributed by atoms with E-state index in [2.05, 4.69) is 5.32 Å². The van der Waals surface area contributed by atoms with Gasteiger partial charge in [0.1, 0.15) is 4.99 Å². The Morgan fingerprint density at radius 3 is 2.35 bits per heavy atom. The summed E-state index contributed by atoms with van der Waals surface area (Å²) in [6.45, 7) is 0. The van der Waals surface area contributed by atoms with Crippen molar-refractivity contribution in [1.82, 2.24) is 0 Å². The van der Waals surface area contributed by atoms with Crippen molar-refractivity contribution in [2.45, 2.75) is 0 Å². The number of nitrogens with one attached hydrogen (secondary N) is 1. The van der Waals surface area contributed by atoms with Gasteiger partial charge in [0, 0.05) is 16.3 Å². The quantitative estimate of drug-likeness (QED) is 0.842. The molecule has 0 unspecified atom stereocenters. The van der Waals surface area contributed by atoms with Crippen molar-refractivity contribution in [1.29, 1.82) is 0 Å². The molecule has 0 bridgehead atoms. The number of carbonyl (C=O) groups is 1. The SMILES string of the molecule is NC(=S)c1ccc(NC(=O)c2cc(Cl)ccc2Cl)cc1. The van der Waals surface area contributed by atoms with Crippen LogP contribution in [0.3, 0.4) is 0 Å². The smallest absolute Gasteiger partial charge is 0.257 e. The Kier molecular flexibility index (Phi) is 4.60. The molecule has 0 fully saturated rings. The van der Waals surface area contributed by atoms with E-state index >= 15 is 0 Å². The molecule has 2 aromatic carbocycles. The Morgan fingerprint density at radius 1 is 1.10 bits per heavy atom. The molecular formula is C14H10Cl2N2OS. The minimum absolute atomic E-state index is 0.306. The van der Waals surface area contributed by atoms with Crippen LogP contribution in [-0.2, 0) is 0 Å². The van der Waals surface area contributed by atoms with Gasteiger partial charge in [-0.2, -0.15) is 0 Å². The van der Waals surface area contributed by atoms with Gasteiger partial charge in [-0.15, -0.1) is 0 Å². The summed E-state index contributed by atoms with van der Waals surface area (Å²) < 4.78 is 0. The molecule has 0 saturated heterocycles. The van der Waals surface area contributed by atoms with Crippen molar-refractivity contribution in [3.63, 3.8) is 0 Å². The first kappa shape index (κ1) is 14.8. The number of thiocarbonyl (C=S) groups is 1. The summed E-state index contributed by atoms with van der Waals surface area (Å²) >= 11 is 16.7. The molecule has 0 spiro atoms. The van der Waals surface area contributed by atoms with E-state index in [0.29, 0.717) is 26.3 Å². The third-order valence-corrected chi connectivity index (χ3v) is 3.40. The predicted octanol–water partition coefficient (Wildman–Crippen LogP) is 3.88. The molecule has 2 rings (SSSR count). The van der Waals surface area contributed by atoms with Crippen LogP contribution in [0.2, 0.25) is 10.0 Å². The van der Waals surface area contributed by atoms with E-state index < -0.39 is 0 Å². The number of nitrogens with two attached hydrogens (primary N) is 1. The predicted molar refractivity (Wildman–Crippen MR) is 86.7 cm³/mol. The maximum atomic E-state index is 12.1. The molecule has 6 heteroatoms. The molecule has 0 heterocycles. The van der Waals surface area contributed by atoms with Gasteiger partial charge in [0.05, 0.1) is 10.6 Å². The standard InChI is InChI=1S/C14H10Cl2N2OS/c15-9-3-6-12(16)11(7-9)14(19)18-10-4-1-8(2-5-10)13(17)20/h1-7H,(H2,17,20)(H,18,19). The van der Waals surface area contributed by atoms with Crippen LogP contribution in [-0.4, -0.2) is 10.9 Å². The molecule has 3 nitrogen and oxygen atoms in total. The lowest BCUT2D eigenvalue weighted by Crippen LogP contribution is -2.13. The fourth-order valence-corrected chi connectivity index (χ4v) is 2.10. The van der Waals surface area contributed by atoms with Crippen molar-refractivity contribution in [2.75, 3.05) is 5.32 Å². The molecule has 3 N–H and O–H groups in total. The van der Waals surface area contributed by atoms with E-state index in [1.165, 1.54) is 6.07 Å². The summed E-state index contributed by atoms with van der Waals surface area (Å²) in [6, 6.07) is 11.6. The summed E-state index contributed by atoms with van der Waals surface area (Å²) in [4.78, 5) is 12.4. The highest BCUT2D eigenvalue weighted by Crippen LogP contribution is 2.22.